The normalized spacial score (nSPS) is 17.8. The van der Waals surface area contributed by atoms with Gasteiger partial charge in [-0.1, -0.05) is 42.5 Å². The first-order valence-electron chi connectivity index (χ1n) is 8.66. The number of para-hydroxylation sites is 1. The molecule has 3 aromatic rings. The van der Waals surface area contributed by atoms with E-state index in [1.54, 1.807) is 11.3 Å². The van der Waals surface area contributed by atoms with Gasteiger partial charge in [0.2, 0.25) is 5.91 Å². The summed E-state index contributed by atoms with van der Waals surface area (Å²) in [5.41, 5.74) is 2.30. The maximum Gasteiger partial charge on any atom is 0.227 e. The Morgan fingerprint density at radius 3 is 2.80 bits per heavy atom. The van der Waals surface area contributed by atoms with Crippen LogP contribution in [-0.2, 0) is 17.8 Å². The highest BCUT2D eigenvalue weighted by molar-refractivity contribution is 7.18. The third-order valence-corrected chi connectivity index (χ3v) is 5.57. The van der Waals surface area contributed by atoms with Gasteiger partial charge in [0.1, 0.15) is 5.01 Å². The smallest absolute Gasteiger partial charge is 0.227 e. The van der Waals surface area contributed by atoms with Gasteiger partial charge in [0.25, 0.3) is 0 Å². The molecule has 4 rings (SSSR count). The van der Waals surface area contributed by atoms with E-state index in [2.05, 4.69) is 39.5 Å². The zero-order chi connectivity index (χ0) is 17.1. The van der Waals surface area contributed by atoms with Gasteiger partial charge in [0.15, 0.2) is 0 Å². The van der Waals surface area contributed by atoms with Crippen LogP contribution in [0.5, 0.6) is 0 Å². The molecule has 1 aliphatic rings. The Kier molecular flexibility index (Phi) is 4.76. The number of nitrogens with one attached hydrogen (secondary N) is 1. The van der Waals surface area contributed by atoms with Gasteiger partial charge in [-0.05, 0) is 24.1 Å². The van der Waals surface area contributed by atoms with Crippen molar-refractivity contribution in [3.05, 3.63) is 65.2 Å². The number of likely N-dealkylation sites (tertiary alicyclic amines) is 1. The van der Waals surface area contributed by atoms with Crippen molar-refractivity contribution in [2.75, 3.05) is 13.1 Å². The summed E-state index contributed by atoms with van der Waals surface area (Å²) in [6, 6.07) is 18.8. The molecule has 128 valence electrons. The van der Waals surface area contributed by atoms with Gasteiger partial charge < -0.3 is 5.32 Å². The molecule has 1 atom stereocenters. The lowest BCUT2D eigenvalue weighted by Gasteiger charge is -2.16. The molecule has 0 spiro atoms. The molecule has 0 radical (unpaired) electrons. The van der Waals surface area contributed by atoms with Crippen LogP contribution in [0.2, 0.25) is 0 Å². The molecule has 25 heavy (non-hydrogen) atoms. The predicted molar refractivity (Wildman–Crippen MR) is 102 cm³/mol. The second kappa shape index (κ2) is 7.33. The highest BCUT2D eigenvalue weighted by Gasteiger charge is 2.24. The highest BCUT2D eigenvalue weighted by Crippen LogP contribution is 2.22. The molecule has 1 N–H and O–H groups in total. The monoisotopic (exact) mass is 351 g/mol. The minimum Gasteiger partial charge on any atom is -0.352 e. The zero-order valence-corrected chi connectivity index (χ0v) is 14.8. The Balaban J connectivity index is 1.29. The average Bonchev–Trinajstić information content (AvgIpc) is 3.21. The van der Waals surface area contributed by atoms with Gasteiger partial charge in [0.05, 0.1) is 16.6 Å². The lowest BCUT2D eigenvalue weighted by Crippen LogP contribution is -2.37. The van der Waals surface area contributed by atoms with Gasteiger partial charge in [0, 0.05) is 25.7 Å². The van der Waals surface area contributed by atoms with Crippen molar-refractivity contribution in [3.8, 4) is 0 Å². The van der Waals surface area contributed by atoms with Crippen LogP contribution in [0, 0.1) is 0 Å². The topological polar surface area (TPSA) is 45.2 Å². The first-order chi connectivity index (χ1) is 12.3. The van der Waals surface area contributed by atoms with Crippen molar-refractivity contribution in [2.45, 2.75) is 25.4 Å². The van der Waals surface area contributed by atoms with E-state index >= 15 is 0 Å². The summed E-state index contributed by atoms with van der Waals surface area (Å²) in [5.74, 6) is 0.0746. The van der Waals surface area contributed by atoms with Crippen LogP contribution in [0.15, 0.2) is 54.6 Å². The number of hydrogen-bond donors (Lipinski definition) is 1. The first kappa shape index (κ1) is 16.2. The van der Waals surface area contributed by atoms with Crippen molar-refractivity contribution < 1.29 is 4.79 Å². The average molecular weight is 351 g/mol. The number of aromatic nitrogens is 1. The quantitative estimate of drug-likeness (QED) is 0.768. The molecule has 1 amide bonds. The van der Waals surface area contributed by atoms with E-state index in [9.17, 15) is 4.79 Å². The van der Waals surface area contributed by atoms with Crippen LogP contribution < -0.4 is 5.32 Å². The van der Waals surface area contributed by atoms with Gasteiger partial charge >= 0.3 is 0 Å². The van der Waals surface area contributed by atoms with Crippen molar-refractivity contribution in [1.82, 2.24) is 15.2 Å². The fourth-order valence-electron chi connectivity index (χ4n) is 3.35. The Hall–Kier alpha value is -2.24. The van der Waals surface area contributed by atoms with E-state index in [1.165, 1.54) is 5.56 Å². The maximum absolute atomic E-state index is 12.3. The second-order valence-electron chi connectivity index (χ2n) is 6.53. The van der Waals surface area contributed by atoms with E-state index in [4.69, 9.17) is 0 Å². The summed E-state index contributed by atoms with van der Waals surface area (Å²) in [7, 11) is 0. The van der Waals surface area contributed by atoms with Crippen molar-refractivity contribution >= 4 is 27.5 Å². The van der Waals surface area contributed by atoms with Gasteiger partial charge in [-0.2, -0.15) is 0 Å². The lowest BCUT2D eigenvalue weighted by molar-refractivity contribution is -0.121. The van der Waals surface area contributed by atoms with Crippen molar-refractivity contribution in [3.63, 3.8) is 0 Å². The molecule has 0 unspecified atom stereocenters. The number of thiazole rings is 1. The third-order valence-electron chi connectivity index (χ3n) is 4.54. The summed E-state index contributed by atoms with van der Waals surface area (Å²) in [4.78, 5) is 19.3. The molecule has 2 aromatic carbocycles. The standard InChI is InChI=1S/C20H21N3OS/c24-19(12-20-22-17-8-4-5-9-18(17)25-20)21-16-10-11-23(14-16)13-15-6-2-1-3-7-15/h1-9,16H,10-14H2,(H,21,24)/t16-/m0/s1. The maximum atomic E-state index is 12.3. The van der Waals surface area contributed by atoms with Crippen molar-refractivity contribution in [2.24, 2.45) is 0 Å². The predicted octanol–water partition coefficient (Wildman–Crippen LogP) is 3.23. The van der Waals surface area contributed by atoms with Crippen LogP contribution in [0.25, 0.3) is 10.2 Å². The van der Waals surface area contributed by atoms with E-state index < -0.39 is 0 Å². The van der Waals surface area contributed by atoms with Gasteiger partial charge in [-0.3, -0.25) is 9.69 Å². The molecule has 0 saturated carbocycles. The number of rotatable bonds is 5. The summed E-state index contributed by atoms with van der Waals surface area (Å²) in [6.07, 6.45) is 1.38. The Morgan fingerprint density at radius 2 is 1.96 bits per heavy atom. The number of carbonyl (C=O) groups is 1. The molecular weight excluding hydrogens is 330 g/mol. The fourth-order valence-corrected chi connectivity index (χ4v) is 4.31. The minimum absolute atomic E-state index is 0.0746. The molecule has 1 saturated heterocycles. The Bertz CT molecular complexity index is 829. The summed E-state index contributed by atoms with van der Waals surface area (Å²) >= 11 is 1.60. The SMILES string of the molecule is O=C(Cc1nc2ccccc2s1)N[C@H]1CCN(Cc2ccccc2)C1. The largest absolute Gasteiger partial charge is 0.352 e. The first-order valence-corrected chi connectivity index (χ1v) is 9.48. The van der Waals surface area contributed by atoms with Crippen LogP contribution in [0.4, 0.5) is 0 Å². The molecule has 2 heterocycles. The summed E-state index contributed by atoms with van der Waals surface area (Å²) < 4.78 is 1.14. The fraction of sp³-hybridized carbons (Fsp3) is 0.300. The minimum atomic E-state index is 0.0746. The summed E-state index contributed by atoms with van der Waals surface area (Å²) in [6.45, 7) is 2.90. The Labute approximate surface area is 151 Å². The number of nitrogens with zero attached hydrogens (tertiary/aromatic N) is 2. The lowest BCUT2D eigenvalue weighted by atomic mass is 10.2. The van der Waals surface area contributed by atoms with Crippen molar-refractivity contribution in [1.29, 1.82) is 0 Å². The number of hydrogen-bond acceptors (Lipinski definition) is 4. The molecule has 0 bridgehead atoms. The third kappa shape index (κ3) is 4.06. The van der Waals surface area contributed by atoms with Crippen LogP contribution in [0.3, 0.4) is 0 Å². The number of carbonyl (C=O) groups excluding carboxylic acids is 1. The number of benzene rings is 2. The van der Waals surface area contributed by atoms with Crippen LogP contribution >= 0.6 is 11.3 Å². The molecule has 1 fully saturated rings. The number of fused-ring (bicyclic) bond motifs is 1. The van der Waals surface area contributed by atoms with E-state index in [-0.39, 0.29) is 11.9 Å². The molecular formula is C20H21N3OS. The van der Waals surface area contributed by atoms with E-state index in [0.29, 0.717) is 6.42 Å². The van der Waals surface area contributed by atoms with E-state index in [1.807, 2.05) is 30.3 Å². The molecule has 1 aliphatic heterocycles. The molecule has 0 aliphatic carbocycles. The number of amides is 1. The van der Waals surface area contributed by atoms with Crippen LogP contribution in [-0.4, -0.2) is 34.9 Å². The van der Waals surface area contributed by atoms with Gasteiger partial charge in [-0.25, -0.2) is 4.98 Å². The second-order valence-corrected chi connectivity index (χ2v) is 7.64. The van der Waals surface area contributed by atoms with E-state index in [0.717, 1.165) is 41.3 Å². The highest BCUT2D eigenvalue weighted by atomic mass is 32.1. The molecule has 5 heteroatoms. The molecule has 4 nitrogen and oxygen atoms in total. The van der Waals surface area contributed by atoms with Gasteiger partial charge in [-0.15, -0.1) is 11.3 Å². The molecule has 1 aromatic heterocycles. The van der Waals surface area contributed by atoms with Crippen LogP contribution in [0.1, 0.15) is 17.0 Å². The summed E-state index contributed by atoms with van der Waals surface area (Å²) in [5, 5.41) is 4.06. The Morgan fingerprint density at radius 1 is 1.16 bits per heavy atom. The zero-order valence-electron chi connectivity index (χ0n) is 14.0.